The van der Waals surface area contributed by atoms with Gasteiger partial charge in [0, 0.05) is 49.2 Å². The van der Waals surface area contributed by atoms with E-state index < -0.39 is 0 Å². The van der Waals surface area contributed by atoms with Gasteiger partial charge in [-0.2, -0.15) is 0 Å². The Kier molecular flexibility index (Phi) is 5.90. The van der Waals surface area contributed by atoms with E-state index in [1.54, 1.807) is 18.2 Å². The Hall–Kier alpha value is -2.34. The highest BCUT2D eigenvalue weighted by Crippen LogP contribution is 2.29. The molecule has 3 aromatic rings. The number of piperazine rings is 1. The molecule has 1 fully saturated rings. The van der Waals surface area contributed by atoms with Crippen molar-refractivity contribution in [3.05, 3.63) is 63.5 Å². The van der Waals surface area contributed by atoms with Gasteiger partial charge in [-0.15, -0.1) is 0 Å². The molecule has 1 saturated heterocycles. The van der Waals surface area contributed by atoms with Crippen LogP contribution in [0.2, 0.25) is 5.02 Å². The minimum absolute atomic E-state index is 0.355. The van der Waals surface area contributed by atoms with Crippen molar-refractivity contribution in [1.29, 1.82) is 0 Å². The van der Waals surface area contributed by atoms with Gasteiger partial charge in [-0.05, 0) is 49.4 Å². The lowest BCUT2D eigenvalue weighted by Gasteiger charge is -2.32. The van der Waals surface area contributed by atoms with E-state index in [1.807, 2.05) is 31.2 Å². The number of ether oxygens (including phenoxy) is 1. The predicted octanol–water partition coefficient (Wildman–Crippen LogP) is 4.05. The quantitative estimate of drug-likeness (QED) is 0.591. The van der Waals surface area contributed by atoms with Gasteiger partial charge < -0.3 is 14.1 Å². The summed E-state index contributed by atoms with van der Waals surface area (Å²) >= 11 is 5.97. The average molecular weight is 413 g/mol. The van der Waals surface area contributed by atoms with E-state index in [0.717, 1.165) is 49.2 Å². The van der Waals surface area contributed by atoms with Crippen molar-refractivity contribution in [2.24, 2.45) is 0 Å². The molecule has 1 aliphatic heterocycles. The molecule has 0 saturated carbocycles. The van der Waals surface area contributed by atoms with E-state index >= 15 is 0 Å². The molecule has 0 radical (unpaired) electrons. The standard InChI is InChI=1S/C23H25ClN2O3/c1-16-20-8-7-19(28-14-13-26-11-9-25(2)10-12-26)15-21(20)29-23(27)22(16)17-3-5-18(24)6-4-17/h3-8,15H,9-14H2,1-2H3. The van der Waals surface area contributed by atoms with Crippen LogP contribution in [0.1, 0.15) is 5.56 Å². The number of benzene rings is 2. The minimum atomic E-state index is -0.355. The molecule has 0 amide bonds. The minimum Gasteiger partial charge on any atom is -0.492 e. The first-order chi connectivity index (χ1) is 14.0. The summed E-state index contributed by atoms with van der Waals surface area (Å²) in [7, 11) is 2.15. The van der Waals surface area contributed by atoms with Gasteiger partial charge in [0.25, 0.3) is 0 Å². The summed E-state index contributed by atoms with van der Waals surface area (Å²) < 4.78 is 11.5. The highest BCUT2D eigenvalue weighted by molar-refractivity contribution is 6.30. The fraction of sp³-hybridized carbons (Fsp3) is 0.348. The molecule has 29 heavy (non-hydrogen) atoms. The molecule has 4 rings (SSSR count). The normalized spacial score (nSPS) is 15.7. The van der Waals surface area contributed by atoms with Crippen LogP contribution in [0.15, 0.2) is 51.7 Å². The zero-order chi connectivity index (χ0) is 20.4. The Morgan fingerprint density at radius 2 is 1.79 bits per heavy atom. The lowest BCUT2D eigenvalue weighted by molar-refractivity contribution is 0.134. The maximum Gasteiger partial charge on any atom is 0.344 e. The molecule has 2 heterocycles. The van der Waals surface area contributed by atoms with E-state index in [1.165, 1.54) is 0 Å². The first-order valence-corrected chi connectivity index (χ1v) is 10.3. The van der Waals surface area contributed by atoms with Crippen LogP contribution in [-0.2, 0) is 0 Å². The fourth-order valence-electron chi connectivity index (χ4n) is 3.74. The molecular formula is C23H25ClN2O3. The van der Waals surface area contributed by atoms with Crippen molar-refractivity contribution in [1.82, 2.24) is 9.80 Å². The van der Waals surface area contributed by atoms with Crippen LogP contribution in [0, 0.1) is 6.92 Å². The van der Waals surface area contributed by atoms with Gasteiger partial charge in [0.1, 0.15) is 17.9 Å². The summed E-state index contributed by atoms with van der Waals surface area (Å²) in [6, 6.07) is 12.9. The highest BCUT2D eigenvalue weighted by Gasteiger charge is 2.15. The fourth-order valence-corrected chi connectivity index (χ4v) is 3.87. The molecule has 0 N–H and O–H groups in total. The van der Waals surface area contributed by atoms with Gasteiger partial charge in [0.15, 0.2) is 0 Å². The summed E-state index contributed by atoms with van der Waals surface area (Å²) in [5, 5.41) is 1.54. The molecule has 0 bridgehead atoms. The molecule has 6 heteroatoms. The Morgan fingerprint density at radius 3 is 2.52 bits per heavy atom. The first kappa shape index (κ1) is 20.0. The molecule has 1 aliphatic rings. The largest absolute Gasteiger partial charge is 0.492 e. The summed E-state index contributed by atoms with van der Waals surface area (Å²) in [6.45, 7) is 7.77. The second-order valence-corrected chi connectivity index (χ2v) is 7.98. The number of fused-ring (bicyclic) bond motifs is 1. The number of likely N-dealkylation sites (N-methyl/N-ethyl adjacent to an activating group) is 1. The number of halogens is 1. The molecule has 0 spiro atoms. The maximum absolute atomic E-state index is 12.6. The number of nitrogens with zero attached hydrogens (tertiary/aromatic N) is 2. The second kappa shape index (κ2) is 8.57. The first-order valence-electron chi connectivity index (χ1n) is 9.88. The third kappa shape index (κ3) is 4.47. The highest BCUT2D eigenvalue weighted by atomic mass is 35.5. The van der Waals surface area contributed by atoms with Gasteiger partial charge in [-0.1, -0.05) is 23.7 Å². The summed E-state index contributed by atoms with van der Waals surface area (Å²) in [4.78, 5) is 17.4. The zero-order valence-electron chi connectivity index (χ0n) is 16.8. The van der Waals surface area contributed by atoms with E-state index in [0.29, 0.717) is 28.5 Å². The molecule has 5 nitrogen and oxygen atoms in total. The number of hydrogen-bond acceptors (Lipinski definition) is 5. The van der Waals surface area contributed by atoms with Gasteiger partial charge >= 0.3 is 5.63 Å². The van der Waals surface area contributed by atoms with Crippen LogP contribution in [0.3, 0.4) is 0 Å². The van der Waals surface area contributed by atoms with Crippen molar-refractivity contribution in [2.75, 3.05) is 46.4 Å². The number of hydrogen-bond donors (Lipinski definition) is 0. The van der Waals surface area contributed by atoms with Crippen molar-refractivity contribution >= 4 is 22.6 Å². The lowest BCUT2D eigenvalue weighted by Crippen LogP contribution is -2.45. The van der Waals surface area contributed by atoms with Gasteiger partial charge in [-0.3, -0.25) is 4.90 Å². The van der Waals surface area contributed by atoms with E-state index in [4.69, 9.17) is 20.8 Å². The summed E-state index contributed by atoms with van der Waals surface area (Å²) in [5.74, 6) is 0.716. The summed E-state index contributed by atoms with van der Waals surface area (Å²) in [5.41, 5.74) is 2.45. The SMILES string of the molecule is Cc1c(-c2ccc(Cl)cc2)c(=O)oc2cc(OCCN3CCN(C)CC3)ccc12. The maximum atomic E-state index is 12.6. The number of aryl methyl sites for hydroxylation is 1. The molecule has 152 valence electrons. The third-order valence-electron chi connectivity index (χ3n) is 5.54. The van der Waals surface area contributed by atoms with Crippen LogP contribution in [0.5, 0.6) is 5.75 Å². The van der Waals surface area contributed by atoms with Crippen molar-refractivity contribution in [3.63, 3.8) is 0 Å². The average Bonchev–Trinajstić information content (AvgIpc) is 2.71. The van der Waals surface area contributed by atoms with Gasteiger partial charge in [0.2, 0.25) is 0 Å². The molecule has 0 aliphatic carbocycles. The van der Waals surface area contributed by atoms with Crippen molar-refractivity contribution in [3.8, 4) is 16.9 Å². The zero-order valence-corrected chi connectivity index (χ0v) is 17.5. The topological polar surface area (TPSA) is 45.9 Å². The van der Waals surface area contributed by atoms with Crippen LogP contribution >= 0.6 is 11.6 Å². The monoisotopic (exact) mass is 412 g/mol. The van der Waals surface area contributed by atoms with Crippen LogP contribution in [-0.4, -0.2) is 56.2 Å². The molecular weight excluding hydrogens is 388 g/mol. The van der Waals surface area contributed by atoms with E-state index in [2.05, 4.69) is 16.8 Å². The molecule has 0 unspecified atom stereocenters. The Labute approximate surface area is 175 Å². The predicted molar refractivity (Wildman–Crippen MR) is 117 cm³/mol. The Bertz CT molecular complexity index is 1050. The third-order valence-corrected chi connectivity index (χ3v) is 5.80. The van der Waals surface area contributed by atoms with Gasteiger partial charge in [-0.25, -0.2) is 4.79 Å². The Balaban J connectivity index is 1.51. The molecule has 0 atom stereocenters. The lowest BCUT2D eigenvalue weighted by atomic mass is 10.00. The van der Waals surface area contributed by atoms with Crippen molar-refractivity contribution < 1.29 is 9.15 Å². The van der Waals surface area contributed by atoms with Gasteiger partial charge in [0.05, 0.1) is 5.56 Å². The van der Waals surface area contributed by atoms with E-state index in [-0.39, 0.29) is 5.63 Å². The second-order valence-electron chi connectivity index (χ2n) is 7.55. The molecule has 2 aromatic carbocycles. The Morgan fingerprint density at radius 1 is 1.07 bits per heavy atom. The number of rotatable bonds is 5. The van der Waals surface area contributed by atoms with Crippen LogP contribution in [0.4, 0.5) is 0 Å². The molecule has 1 aromatic heterocycles. The van der Waals surface area contributed by atoms with Crippen LogP contribution < -0.4 is 10.4 Å². The van der Waals surface area contributed by atoms with Crippen molar-refractivity contribution in [2.45, 2.75) is 6.92 Å². The smallest absolute Gasteiger partial charge is 0.344 e. The summed E-state index contributed by atoms with van der Waals surface area (Å²) in [6.07, 6.45) is 0. The van der Waals surface area contributed by atoms with Crippen LogP contribution in [0.25, 0.3) is 22.1 Å². The van der Waals surface area contributed by atoms with E-state index in [9.17, 15) is 4.79 Å².